The van der Waals surface area contributed by atoms with Gasteiger partial charge in [0.15, 0.2) is 5.78 Å². The number of carbonyl (C=O) groups is 2. The number of aryl methyl sites for hydroxylation is 1. The molecule has 3 aromatic rings. The van der Waals surface area contributed by atoms with Crippen LogP contribution in [0.3, 0.4) is 0 Å². The van der Waals surface area contributed by atoms with Gasteiger partial charge in [0.25, 0.3) is 5.22 Å². The first-order chi connectivity index (χ1) is 13.5. The van der Waals surface area contributed by atoms with E-state index in [1.54, 1.807) is 12.1 Å². The summed E-state index contributed by atoms with van der Waals surface area (Å²) in [7, 11) is 0. The summed E-state index contributed by atoms with van der Waals surface area (Å²) in [6, 6.07) is 15.2. The van der Waals surface area contributed by atoms with Crippen LogP contribution in [0.1, 0.15) is 28.4 Å². The normalized spacial score (nSPS) is 10.6. The number of rotatable bonds is 8. The topological polar surface area (TPSA) is 85.1 Å². The molecule has 0 bridgehead atoms. The van der Waals surface area contributed by atoms with E-state index >= 15 is 0 Å². The Morgan fingerprint density at radius 2 is 1.82 bits per heavy atom. The minimum atomic E-state index is -0.0459. The molecule has 0 unspecified atom stereocenters. The second-order valence-electron chi connectivity index (χ2n) is 6.33. The highest BCUT2D eigenvalue weighted by atomic mass is 32.2. The van der Waals surface area contributed by atoms with E-state index in [2.05, 4.69) is 15.5 Å². The van der Waals surface area contributed by atoms with E-state index in [-0.39, 0.29) is 17.4 Å². The SMILES string of the molecule is CC(=O)NCCc1ccc(C(=O)CSc2nnc(-c3ccccc3C)o2)cc1. The summed E-state index contributed by atoms with van der Waals surface area (Å²) >= 11 is 1.23. The molecule has 3 rings (SSSR count). The van der Waals surface area contributed by atoms with E-state index in [1.165, 1.54) is 18.7 Å². The summed E-state index contributed by atoms with van der Waals surface area (Å²) in [5.74, 6) is 0.627. The second kappa shape index (κ2) is 9.32. The third-order valence-electron chi connectivity index (χ3n) is 4.17. The van der Waals surface area contributed by atoms with Crippen LogP contribution in [0.15, 0.2) is 58.2 Å². The molecule has 0 radical (unpaired) electrons. The van der Waals surface area contributed by atoms with E-state index in [9.17, 15) is 9.59 Å². The molecule has 7 heteroatoms. The number of thioether (sulfide) groups is 1. The number of nitrogens with zero attached hydrogens (tertiary/aromatic N) is 2. The van der Waals surface area contributed by atoms with Gasteiger partial charge in [-0.15, -0.1) is 10.2 Å². The number of Topliss-reactive ketones (excluding diaryl/α,β-unsaturated/α-hetero) is 1. The van der Waals surface area contributed by atoms with Crippen molar-refractivity contribution in [1.82, 2.24) is 15.5 Å². The summed E-state index contributed by atoms with van der Waals surface area (Å²) < 4.78 is 5.67. The van der Waals surface area contributed by atoms with Gasteiger partial charge in [-0.3, -0.25) is 9.59 Å². The van der Waals surface area contributed by atoms with Crippen LogP contribution in [0.25, 0.3) is 11.5 Å². The van der Waals surface area contributed by atoms with Crippen LogP contribution in [0, 0.1) is 6.92 Å². The molecule has 0 aliphatic carbocycles. The lowest BCUT2D eigenvalue weighted by molar-refractivity contribution is -0.118. The number of carbonyl (C=O) groups excluding carboxylic acids is 2. The fourth-order valence-electron chi connectivity index (χ4n) is 2.64. The van der Waals surface area contributed by atoms with Gasteiger partial charge in [-0.1, -0.05) is 54.2 Å². The number of hydrogen-bond acceptors (Lipinski definition) is 6. The predicted octanol–water partition coefficient (Wildman–Crippen LogP) is 3.70. The molecule has 0 saturated heterocycles. The fraction of sp³-hybridized carbons (Fsp3) is 0.238. The van der Waals surface area contributed by atoms with E-state index < -0.39 is 0 Å². The van der Waals surface area contributed by atoms with Crippen LogP contribution in [-0.2, 0) is 11.2 Å². The van der Waals surface area contributed by atoms with Gasteiger partial charge in [-0.2, -0.15) is 0 Å². The van der Waals surface area contributed by atoms with Crippen LogP contribution in [0.5, 0.6) is 0 Å². The molecule has 1 heterocycles. The van der Waals surface area contributed by atoms with Crippen molar-refractivity contribution in [3.8, 4) is 11.5 Å². The number of aromatic nitrogens is 2. The molecule has 0 aliphatic rings. The highest BCUT2D eigenvalue weighted by molar-refractivity contribution is 7.99. The summed E-state index contributed by atoms with van der Waals surface area (Å²) in [6.07, 6.45) is 0.729. The third-order valence-corrected chi connectivity index (χ3v) is 4.99. The van der Waals surface area contributed by atoms with Crippen LogP contribution in [-0.4, -0.2) is 34.2 Å². The Kier molecular flexibility index (Phi) is 6.60. The zero-order valence-electron chi connectivity index (χ0n) is 15.8. The van der Waals surface area contributed by atoms with E-state index in [0.29, 0.717) is 23.2 Å². The number of hydrogen-bond donors (Lipinski definition) is 1. The second-order valence-corrected chi connectivity index (χ2v) is 7.26. The van der Waals surface area contributed by atoms with Crippen LogP contribution in [0.2, 0.25) is 0 Å². The lowest BCUT2D eigenvalue weighted by Crippen LogP contribution is -2.22. The van der Waals surface area contributed by atoms with Gasteiger partial charge in [-0.05, 0) is 30.5 Å². The lowest BCUT2D eigenvalue weighted by Gasteiger charge is -2.04. The standard InChI is InChI=1S/C21H21N3O3S/c1-14-5-3-4-6-18(14)20-23-24-21(27-20)28-13-19(26)17-9-7-16(8-10-17)11-12-22-15(2)25/h3-10H,11-13H2,1-2H3,(H,22,25). The van der Waals surface area contributed by atoms with Gasteiger partial charge in [-0.25, -0.2) is 0 Å². The first-order valence-electron chi connectivity index (χ1n) is 8.92. The van der Waals surface area contributed by atoms with Crippen molar-refractivity contribution in [2.24, 2.45) is 0 Å². The Morgan fingerprint density at radius 3 is 2.54 bits per heavy atom. The molecule has 1 N–H and O–H groups in total. The van der Waals surface area contributed by atoms with Gasteiger partial charge < -0.3 is 9.73 Å². The Labute approximate surface area is 167 Å². The van der Waals surface area contributed by atoms with E-state index in [1.807, 2.05) is 43.3 Å². The monoisotopic (exact) mass is 395 g/mol. The van der Waals surface area contributed by atoms with Gasteiger partial charge >= 0.3 is 0 Å². The Bertz CT molecular complexity index is 967. The highest BCUT2D eigenvalue weighted by Gasteiger charge is 2.13. The Hall–Kier alpha value is -2.93. The third kappa shape index (κ3) is 5.29. The molecule has 0 saturated carbocycles. The molecule has 28 heavy (non-hydrogen) atoms. The largest absolute Gasteiger partial charge is 0.411 e. The van der Waals surface area contributed by atoms with E-state index in [4.69, 9.17) is 4.42 Å². The van der Waals surface area contributed by atoms with Gasteiger partial charge in [0, 0.05) is 24.6 Å². The Morgan fingerprint density at radius 1 is 1.07 bits per heavy atom. The fourth-order valence-corrected chi connectivity index (χ4v) is 3.30. The maximum absolute atomic E-state index is 12.4. The maximum atomic E-state index is 12.4. The van der Waals surface area contributed by atoms with Crippen molar-refractivity contribution in [3.05, 3.63) is 65.2 Å². The number of nitrogens with one attached hydrogen (secondary N) is 1. The maximum Gasteiger partial charge on any atom is 0.277 e. The molecule has 0 fully saturated rings. The minimum Gasteiger partial charge on any atom is -0.411 e. The summed E-state index contributed by atoms with van der Waals surface area (Å²) in [5, 5.41) is 11.2. The summed E-state index contributed by atoms with van der Waals surface area (Å²) in [4.78, 5) is 23.3. The molecule has 1 aromatic heterocycles. The molecule has 6 nitrogen and oxygen atoms in total. The van der Waals surface area contributed by atoms with Crippen molar-refractivity contribution in [1.29, 1.82) is 0 Å². The average molecular weight is 395 g/mol. The van der Waals surface area contributed by atoms with Crippen LogP contribution >= 0.6 is 11.8 Å². The molecule has 1 amide bonds. The molecular formula is C21H21N3O3S. The van der Waals surface area contributed by atoms with E-state index in [0.717, 1.165) is 23.1 Å². The van der Waals surface area contributed by atoms with Crippen molar-refractivity contribution in [3.63, 3.8) is 0 Å². The smallest absolute Gasteiger partial charge is 0.277 e. The van der Waals surface area contributed by atoms with Gasteiger partial charge in [0.2, 0.25) is 11.8 Å². The number of benzene rings is 2. The molecule has 0 aliphatic heterocycles. The van der Waals surface area contributed by atoms with Crippen molar-refractivity contribution in [2.75, 3.05) is 12.3 Å². The lowest BCUT2D eigenvalue weighted by atomic mass is 10.1. The minimum absolute atomic E-state index is 0.00551. The predicted molar refractivity (Wildman–Crippen MR) is 108 cm³/mol. The highest BCUT2D eigenvalue weighted by Crippen LogP contribution is 2.25. The molecule has 0 spiro atoms. The quantitative estimate of drug-likeness (QED) is 0.462. The molecular weight excluding hydrogens is 374 g/mol. The first-order valence-corrected chi connectivity index (χ1v) is 9.90. The van der Waals surface area contributed by atoms with Crippen molar-refractivity contribution < 1.29 is 14.0 Å². The van der Waals surface area contributed by atoms with Crippen molar-refractivity contribution >= 4 is 23.5 Å². The molecule has 2 aromatic carbocycles. The first kappa shape index (κ1) is 19.8. The molecule has 0 atom stereocenters. The van der Waals surface area contributed by atoms with Crippen LogP contribution < -0.4 is 5.32 Å². The number of amides is 1. The number of ketones is 1. The zero-order chi connectivity index (χ0) is 19.9. The summed E-state index contributed by atoms with van der Waals surface area (Å²) in [6.45, 7) is 4.06. The van der Waals surface area contributed by atoms with Crippen LogP contribution in [0.4, 0.5) is 0 Å². The van der Waals surface area contributed by atoms with Gasteiger partial charge in [0.1, 0.15) is 0 Å². The average Bonchev–Trinajstić information content (AvgIpc) is 3.15. The molecule has 144 valence electrons. The zero-order valence-corrected chi connectivity index (χ0v) is 16.6. The summed E-state index contributed by atoms with van der Waals surface area (Å²) in [5.41, 5.74) is 3.65. The van der Waals surface area contributed by atoms with Crippen molar-refractivity contribution in [2.45, 2.75) is 25.5 Å². The van der Waals surface area contributed by atoms with Gasteiger partial charge in [0.05, 0.1) is 5.75 Å². The Balaban J connectivity index is 1.54.